The second-order valence-electron chi connectivity index (χ2n) is 12.9. The molecule has 244 valence electrons. The number of fused-ring (bicyclic) bond motifs is 3. The molecule has 0 bridgehead atoms. The highest BCUT2D eigenvalue weighted by atomic mass is 16.2. The van der Waals surface area contributed by atoms with Crippen LogP contribution < -0.4 is 10.6 Å². The van der Waals surface area contributed by atoms with Crippen molar-refractivity contribution < 1.29 is 14.4 Å². The van der Waals surface area contributed by atoms with Gasteiger partial charge in [-0.05, 0) is 74.6 Å². The number of hydrogen-bond donors (Lipinski definition) is 3. The van der Waals surface area contributed by atoms with E-state index in [1.54, 1.807) is 4.90 Å². The lowest BCUT2D eigenvalue weighted by Gasteiger charge is -2.41. The van der Waals surface area contributed by atoms with Crippen molar-refractivity contribution in [3.63, 3.8) is 0 Å². The van der Waals surface area contributed by atoms with Gasteiger partial charge in [0.25, 0.3) is 0 Å². The van der Waals surface area contributed by atoms with Crippen LogP contribution in [0.4, 0.5) is 15.3 Å². The molecule has 46 heavy (non-hydrogen) atoms. The monoisotopic (exact) mass is 625 g/mol. The number of terminal acetylenes is 1. The average Bonchev–Trinajstić information content (AvgIpc) is 3.57. The van der Waals surface area contributed by atoms with Crippen molar-refractivity contribution in [3.05, 3.63) is 59.3 Å². The molecule has 1 saturated carbocycles. The maximum absolute atomic E-state index is 12.7. The van der Waals surface area contributed by atoms with Crippen LogP contribution in [0.5, 0.6) is 0 Å². The fourth-order valence-electron chi connectivity index (χ4n) is 7.52. The van der Waals surface area contributed by atoms with Crippen molar-refractivity contribution in [1.82, 2.24) is 30.2 Å². The number of hydrogen-bond acceptors (Lipinski definition) is 4. The van der Waals surface area contributed by atoms with Crippen LogP contribution in [0, 0.1) is 38.5 Å². The highest BCUT2D eigenvalue weighted by Gasteiger charge is 2.34. The Hall–Kier alpha value is -4.52. The highest BCUT2D eigenvalue weighted by molar-refractivity contribution is 5.92. The van der Waals surface area contributed by atoms with Gasteiger partial charge in [0, 0.05) is 49.8 Å². The standard InChI is InChI=1S/C25H35N5O3.C9H10N2.C2H2/c31-23(29-12-9-18-5-1-2-6-19(18)16-29)15-26-24(32)28-13-10-21(11-14-28)30-17-20-7-3-4-8-22(20)27-25(30)33;1-6-3-7(2)9-8(4-6)5-10-11-9;1-2/h3-4,7-8,18-19,21H,1-2,5-6,9-17H2,(H,26,32)(H,27,33);3-5H,1-2H3,(H,10,11);1-2H. The Bertz CT molecular complexity index is 1540. The molecular weight excluding hydrogens is 578 g/mol. The van der Waals surface area contributed by atoms with E-state index >= 15 is 0 Å². The van der Waals surface area contributed by atoms with Crippen LogP contribution in [0.3, 0.4) is 0 Å². The average molecular weight is 626 g/mol. The largest absolute Gasteiger partial charge is 0.341 e. The number of amides is 5. The number of para-hydroxylation sites is 1. The van der Waals surface area contributed by atoms with Crippen LogP contribution in [0.2, 0.25) is 0 Å². The normalized spacial score (nSPS) is 21.0. The van der Waals surface area contributed by atoms with E-state index in [4.69, 9.17) is 0 Å². The summed E-state index contributed by atoms with van der Waals surface area (Å²) in [7, 11) is 0. The van der Waals surface area contributed by atoms with Gasteiger partial charge in [-0.15, -0.1) is 12.8 Å². The van der Waals surface area contributed by atoms with Gasteiger partial charge in [0.1, 0.15) is 0 Å². The number of H-pyrrole nitrogens is 1. The second kappa shape index (κ2) is 15.2. The van der Waals surface area contributed by atoms with Gasteiger partial charge < -0.3 is 25.3 Å². The summed E-state index contributed by atoms with van der Waals surface area (Å²) in [6.07, 6.45) is 17.6. The molecule has 1 aliphatic carbocycles. The minimum Gasteiger partial charge on any atom is -0.341 e. The zero-order chi connectivity index (χ0) is 32.6. The maximum Gasteiger partial charge on any atom is 0.322 e. The lowest BCUT2D eigenvalue weighted by molar-refractivity contribution is -0.133. The number of aryl methyl sites for hydroxylation is 2. The SMILES string of the molecule is C#C.Cc1cc(C)c2[nH]ncc2c1.O=C(CNC(=O)N1CCC(N2Cc3ccccc3NC2=O)CC1)N1CCC2CCCCC2C1. The number of urea groups is 2. The molecule has 3 N–H and O–H groups in total. The molecule has 10 heteroatoms. The number of carbonyl (C=O) groups excluding carboxylic acids is 3. The molecule has 2 aromatic carbocycles. The van der Waals surface area contributed by atoms with Crippen molar-refractivity contribution in [3.8, 4) is 12.8 Å². The molecule has 0 radical (unpaired) electrons. The van der Waals surface area contributed by atoms with Gasteiger partial charge in [0.15, 0.2) is 0 Å². The molecule has 5 amide bonds. The molecule has 2 unspecified atom stereocenters. The number of benzene rings is 2. The first-order valence-electron chi connectivity index (χ1n) is 16.6. The first kappa shape index (κ1) is 32.9. The molecule has 3 fully saturated rings. The maximum atomic E-state index is 12.7. The number of anilines is 1. The van der Waals surface area contributed by atoms with Gasteiger partial charge in [-0.1, -0.05) is 49.1 Å². The summed E-state index contributed by atoms with van der Waals surface area (Å²) in [5.41, 5.74) is 5.70. The van der Waals surface area contributed by atoms with E-state index in [1.165, 1.54) is 42.2 Å². The fraction of sp³-hybridized carbons (Fsp3) is 0.500. The van der Waals surface area contributed by atoms with Crippen molar-refractivity contribution in [2.45, 2.75) is 71.4 Å². The Labute approximate surface area is 272 Å². The van der Waals surface area contributed by atoms with Gasteiger partial charge >= 0.3 is 12.1 Å². The highest BCUT2D eigenvalue weighted by Crippen LogP contribution is 2.36. The van der Waals surface area contributed by atoms with Gasteiger partial charge in [0.2, 0.25) is 5.91 Å². The summed E-state index contributed by atoms with van der Waals surface area (Å²) in [6.45, 7) is 7.71. The van der Waals surface area contributed by atoms with E-state index in [2.05, 4.69) is 59.7 Å². The summed E-state index contributed by atoms with van der Waals surface area (Å²) in [6, 6.07) is 12.0. The summed E-state index contributed by atoms with van der Waals surface area (Å²) < 4.78 is 0. The minimum absolute atomic E-state index is 0.0333. The molecule has 10 nitrogen and oxygen atoms in total. The predicted molar refractivity (Wildman–Crippen MR) is 181 cm³/mol. The van der Waals surface area contributed by atoms with Crippen LogP contribution >= 0.6 is 0 Å². The van der Waals surface area contributed by atoms with E-state index in [0.717, 1.165) is 55.0 Å². The summed E-state index contributed by atoms with van der Waals surface area (Å²) in [5.74, 6) is 1.46. The zero-order valence-corrected chi connectivity index (χ0v) is 27.1. The number of likely N-dealkylation sites (tertiary alicyclic amines) is 2. The molecule has 4 heterocycles. The number of nitrogens with one attached hydrogen (secondary N) is 3. The summed E-state index contributed by atoms with van der Waals surface area (Å²) in [5, 5.41) is 14.0. The quantitative estimate of drug-likeness (QED) is 0.325. The Morgan fingerprint density at radius 1 is 0.957 bits per heavy atom. The Morgan fingerprint density at radius 3 is 2.46 bits per heavy atom. The third-order valence-electron chi connectivity index (χ3n) is 9.98. The molecule has 1 aromatic heterocycles. The third kappa shape index (κ3) is 7.64. The Morgan fingerprint density at radius 2 is 1.67 bits per heavy atom. The van der Waals surface area contributed by atoms with E-state index in [1.807, 2.05) is 40.3 Å². The first-order valence-corrected chi connectivity index (χ1v) is 16.6. The van der Waals surface area contributed by atoms with Crippen LogP contribution in [-0.2, 0) is 11.3 Å². The molecule has 2 saturated heterocycles. The van der Waals surface area contributed by atoms with Crippen molar-refractivity contribution >= 4 is 34.6 Å². The number of aromatic nitrogens is 2. The van der Waals surface area contributed by atoms with E-state index < -0.39 is 0 Å². The van der Waals surface area contributed by atoms with E-state index in [0.29, 0.717) is 25.6 Å². The lowest BCUT2D eigenvalue weighted by Crippen LogP contribution is -2.54. The minimum atomic E-state index is -0.178. The molecule has 3 aliphatic heterocycles. The third-order valence-corrected chi connectivity index (χ3v) is 9.98. The first-order chi connectivity index (χ1) is 22.4. The molecular formula is C36H47N7O3. The zero-order valence-electron chi connectivity index (χ0n) is 27.1. The molecule has 2 atom stereocenters. The van der Waals surface area contributed by atoms with Crippen LogP contribution in [0.15, 0.2) is 42.6 Å². The summed E-state index contributed by atoms with van der Waals surface area (Å²) >= 11 is 0. The topological polar surface area (TPSA) is 114 Å². The number of rotatable bonds is 3. The molecule has 0 spiro atoms. The van der Waals surface area contributed by atoms with Gasteiger partial charge in [-0.2, -0.15) is 5.10 Å². The van der Waals surface area contributed by atoms with Gasteiger partial charge in [-0.25, -0.2) is 9.59 Å². The molecule has 7 rings (SSSR count). The number of carbonyl (C=O) groups is 3. The van der Waals surface area contributed by atoms with Gasteiger partial charge in [0.05, 0.1) is 18.3 Å². The van der Waals surface area contributed by atoms with Crippen molar-refractivity contribution in [1.29, 1.82) is 0 Å². The Balaban J connectivity index is 0.000000268. The van der Waals surface area contributed by atoms with E-state index in [-0.39, 0.29) is 30.6 Å². The molecule has 3 aromatic rings. The van der Waals surface area contributed by atoms with Gasteiger partial charge in [-0.3, -0.25) is 9.89 Å². The van der Waals surface area contributed by atoms with E-state index in [9.17, 15) is 14.4 Å². The molecule has 4 aliphatic rings. The Kier molecular flexibility index (Phi) is 10.8. The number of aromatic amines is 1. The van der Waals surface area contributed by atoms with Crippen molar-refractivity contribution in [2.75, 3.05) is 38.0 Å². The van der Waals surface area contributed by atoms with Crippen LogP contribution in [0.25, 0.3) is 10.9 Å². The fourth-order valence-corrected chi connectivity index (χ4v) is 7.52. The van der Waals surface area contributed by atoms with Crippen LogP contribution in [0.1, 0.15) is 61.6 Å². The predicted octanol–water partition coefficient (Wildman–Crippen LogP) is 5.68. The second-order valence-corrected chi connectivity index (χ2v) is 12.9. The van der Waals surface area contributed by atoms with Crippen molar-refractivity contribution in [2.24, 2.45) is 11.8 Å². The number of piperidine rings is 2. The lowest BCUT2D eigenvalue weighted by atomic mass is 9.75. The number of nitrogens with zero attached hydrogens (tertiary/aromatic N) is 4. The smallest absolute Gasteiger partial charge is 0.322 e. The summed E-state index contributed by atoms with van der Waals surface area (Å²) in [4.78, 5) is 43.5. The van der Waals surface area contributed by atoms with Crippen LogP contribution in [-0.4, -0.2) is 81.6 Å².